The Morgan fingerprint density at radius 2 is 1.90 bits per heavy atom. The topological polar surface area (TPSA) is 42.4 Å². The molecule has 2 aliphatic heterocycles. The zero-order valence-electron chi connectivity index (χ0n) is 17.7. The van der Waals surface area contributed by atoms with E-state index >= 15 is 0 Å². The molecule has 0 N–H and O–H groups in total. The van der Waals surface area contributed by atoms with Crippen molar-refractivity contribution in [3.8, 4) is 10.9 Å². The standard InChI is InChI=1S/C25H27ClN2O2S/c1-16(29)28-19-10-11-20(28)15-18(14-19)5-2-4-17-8-12-21(13-9-17)30-25-27-24-22(26)6-3-7-23(24)31-25/h3,6-9,12-13,18-20H,2,4-5,10-11,14-15H2,1H3/t18?,19-,20+. The fraction of sp³-hybridized carbons (Fsp3) is 0.440. The van der Waals surface area contributed by atoms with Crippen molar-refractivity contribution in [2.45, 2.75) is 64.0 Å². The molecule has 162 valence electrons. The van der Waals surface area contributed by atoms with Crippen molar-refractivity contribution in [1.82, 2.24) is 9.88 Å². The number of ether oxygens (including phenoxy) is 1. The SMILES string of the molecule is CC(=O)N1[C@@H]2CC[C@H]1CC(CCCc1ccc(Oc3nc4c(Cl)cccc4s3)cc1)C2. The van der Waals surface area contributed by atoms with Gasteiger partial charge in [0.2, 0.25) is 5.91 Å². The number of carbonyl (C=O) groups excluding carboxylic acids is 1. The van der Waals surface area contributed by atoms with Gasteiger partial charge in [-0.1, -0.05) is 41.1 Å². The van der Waals surface area contributed by atoms with Crippen LogP contribution < -0.4 is 4.74 Å². The lowest BCUT2D eigenvalue weighted by Crippen LogP contribution is -2.45. The van der Waals surface area contributed by atoms with Crippen molar-refractivity contribution in [3.05, 3.63) is 53.1 Å². The lowest BCUT2D eigenvalue weighted by atomic mass is 9.86. The first kappa shape index (κ1) is 20.8. The molecule has 3 atom stereocenters. The van der Waals surface area contributed by atoms with Gasteiger partial charge in [-0.15, -0.1) is 0 Å². The van der Waals surface area contributed by atoms with Crippen LogP contribution in [0.4, 0.5) is 0 Å². The van der Waals surface area contributed by atoms with Gasteiger partial charge in [0, 0.05) is 19.0 Å². The number of fused-ring (bicyclic) bond motifs is 3. The van der Waals surface area contributed by atoms with Crippen LogP contribution in [0.3, 0.4) is 0 Å². The Morgan fingerprint density at radius 3 is 2.58 bits per heavy atom. The van der Waals surface area contributed by atoms with E-state index in [4.69, 9.17) is 16.3 Å². The lowest BCUT2D eigenvalue weighted by Gasteiger charge is -2.38. The third kappa shape index (κ3) is 4.44. The monoisotopic (exact) mass is 454 g/mol. The van der Waals surface area contributed by atoms with Crippen molar-refractivity contribution < 1.29 is 9.53 Å². The van der Waals surface area contributed by atoms with Crippen LogP contribution in [0.5, 0.6) is 10.9 Å². The molecule has 0 spiro atoms. The summed E-state index contributed by atoms with van der Waals surface area (Å²) >= 11 is 7.72. The minimum Gasteiger partial charge on any atom is -0.431 e. The van der Waals surface area contributed by atoms with Crippen molar-refractivity contribution in [2.75, 3.05) is 0 Å². The third-order valence-electron chi connectivity index (χ3n) is 6.75. The number of hydrogen-bond acceptors (Lipinski definition) is 4. The molecule has 4 nitrogen and oxygen atoms in total. The molecule has 2 bridgehead atoms. The summed E-state index contributed by atoms with van der Waals surface area (Å²) in [5.41, 5.74) is 2.13. The molecule has 5 rings (SSSR count). The molecule has 1 amide bonds. The van der Waals surface area contributed by atoms with E-state index < -0.39 is 0 Å². The smallest absolute Gasteiger partial charge is 0.279 e. The lowest BCUT2D eigenvalue weighted by molar-refractivity contribution is -0.133. The van der Waals surface area contributed by atoms with Crippen LogP contribution in [-0.2, 0) is 11.2 Å². The van der Waals surface area contributed by atoms with E-state index in [2.05, 4.69) is 22.0 Å². The molecule has 1 unspecified atom stereocenters. The molecule has 3 aromatic rings. The highest BCUT2D eigenvalue weighted by atomic mass is 35.5. The van der Waals surface area contributed by atoms with Crippen LogP contribution in [0.2, 0.25) is 5.02 Å². The number of halogens is 1. The van der Waals surface area contributed by atoms with E-state index in [1.54, 1.807) is 6.92 Å². The van der Waals surface area contributed by atoms with Crippen molar-refractivity contribution in [2.24, 2.45) is 5.92 Å². The predicted molar refractivity (Wildman–Crippen MR) is 126 cm³/mol. The molecule has 2 aromatic carbocycles. The highest BCUT2D eigenvalue weighted by Crippen LogP contribution is 2.40. The number of carbonyl (C=O) groups is 1. The highest BCUT2D eigenvalue weighted by Gasteiger charge is 2.41. The molecule has 0 saturated carbocycles. The average molecular weight is 455 g/mol. The summed E-state index contributed by atoms with van der Waals surface area (Å²) in [5.74, 6) is 1.83. The number of piperidine rings is 1. The van der Waals surface area contributed by atoms with Crippen molar-refractivity contribution in [1.29, 1.82) is 0 Å². The fourth-order valence-corrected chi connectivity index (χ4v) is 6.53. The van der Waals surface area contributed by atoms with Gasteiger partial charge >= 0.3 is 0 Å². The minimum absolute atomic E-state index is 0.266. The van der Waals surface area contributed by atoms with Gasteiger partial charge in [0.05, 0.1) is 9.72 Å². The van der Waals surface area contributed by atoms with Crippen LogP contribution in [0.25, 0.3) is 10.2 Å². The highest BCUT2D eigenvalue weighted by molar-refractivity contribution is 7.20. The second-order valence-electron chi connectivity index (χ2n) is 8.85. The molecule has 2 aliphatic rings. The maximum absolute atomic E-state index is 11.9. The van der Waals surface area contributed by atoms with Gasteiger partial charge in [0.15, 0.2) is 0 Å². The Morgan fingerprint density at radius 1 is 1.16 bits per heavy atom. The normalized spacial score (nSPS) is 22.8. The zero-order valence-corrected chi connectivity index (χ0v) is 19.3. The Kier molecular flexibility index (Phi) is 5.89. The van der Waals surface area contributed by atoms with Gasteiger partial charge in [0.25, 0.3) is 5.19 Å². The summed E-state index contributed by atoms with van der Waals surface area (Å²) in [5, 5.41) is 1.27. The van der Waals surface area contributed by atoms with Crippen LogP contribution in [0, 0.1) is 5.92 Å². The molecular formula is C25H27ClN2O2S. The van der Waals surface area contributed by atoms with Crippen LogP contribution in [-0.4, -0.2) is 27.9 Å². The Hall–Kier alpha value is -2.11. The zero-order chi connectivity index (χ0) is 21.4. The molecule has 3 heterocycles. The van der Waals surface area contributed by atoms with E-state index in [0.717, 1.165) is 28.3 Å². The quantitative estimate of drug-likeness (QED) is 0.408. The number of aromatic nitrogens is 1. The number of benzene rings is 2. The van der Waals surface area contributed by atoms with Crippen molar-refractivity contribution in [3.63, 3.8) is 0 Å². The third-order valence-corrected chi connectivity index (χ3v) is 7.95. The summed E-state index contributed by atoms with van der Waals surface area (Å²) in [6.07, 6.45) is 8.31. The van der Waals surface area contributed by atoms with Gasteiger partial charge in [-0.05, 0) is 80.7 Å². The fourth-order valence-electron chi connectivity index (χ4n) is 5.40. The van der Waals surface area contributed by atoms with Gasteiger partial charge in [-0.3, -0.25) is 4.79 Å². The summed E-state index contributed by atoms with van der Waals surface area (Å²) in [6, 6.07) is 15.1. The van der Waals surface area contributed by atoms with Gasteiger partial charge in [-0.25, -0.2) is 4.98 Å². The Bertz CT molecular complexity index is 1070. The van der Waals surface area contributed by atoms with Gasteiger partial charge in [-0.2, -0.15) is 0 Å². The maximum atomic E-state index is 11.9. The number of hydrogen-bond donors (Lipinski definition) is 0. The summed E-state index contributed by atoms with van der Waals surface area (Å²) < 4.78 is 6.98. The van der Waals surface area contributed by atoms with Crippen molar-refractivity contribution >= 4 is 39.1 Å². The molecule has 31 heavy (non-hydrogen) atoms. The van der Waals surface area contributed by atoms with Crippen LogP contribution in [0.15, 0.2) is 42.5 Å². The van der Waals surface area contributed by atoms with E-state index in [-0.39, 0.29) is 5.91 Å². The first-order valence-electron chi connectivity index (χ1n) is 11.2. The predicted octanol–water partition coefficient (Wildman–Crippen LogP) is 6.85. The molecule has 2 fully saturated rings. The molecule has 0 aliphatic carbocycles. The number of thiazole rings is 1. The first-order chi connectivity index (χ1) is 15.1. The second kappa shape index (κ2) is 8.79. The molecule has 2 saturated heterocycles. The largest absolute Gasteiger partial charge is 0.431 e. The molecule has 6 heteroatoms. The summed E-state index contributed by atoms with van der Waals surface area (Å²) in [7, 11) is 0. The maximum Gasteiger partial charge on any atom is 0.279 e. The molecular weight excluding hydrogens is 428 g/mol. The van der Waals surface area contributed by atoms with E-state index in [0.29, 0.717) is 22.3 Å². The second-order valence-corrected chi connectivity index (χ2v) is 10.3. The van der Waals surface area contributed by atoms with Crippen LogP contribution >= 0.6 is 22.9 Å². The van der Waals surface area contributed by atoms with Gasteiger partial charge < -0.3 is 9.64 Å². The molecule has 0 radical (unpaired) electrons. The number of nitrogens with zero attached hydrogens (tertiary/aromatic N) is 2. The van der Waals surface area contributed by atoms with Crippen LogP contribution in [0.1, 0.15) is 51.0 Å². The number of aryl methyl sites for hydroxylation is 1. The summed E-state index contributed by atoms with van der Waals surface area (Å²) in [6.45, 7) is 1.73. The van der Waals surface area contributed by atoms with E-state index in [1.807, 2.05) is 30.3 Å². The van der Waals surface area contributed by atoms with E-state index in [9.17, 15) is 4.79 Å². The summed E-state index contributed by atoms with van der Waals surface area (Å²) in [4.78, 5) is 18.5. The number of para-hydroxylation sites is 1. The van der Waals surface area contributed by atoms with E-state index in [1.165, 1.54) is 55.4 Å². The minimum atomic E-state index is 0.266. The van der Waals surface area contributed by atoms with Gasteiger partial charge in [0.1, 0.15) is 11.3 Å². The Labute approximate surface area is 192 Å². The first-order valence-corrected chi connectivity index (χ1v) is 12.4. The number of amides is 1. The number of rotatable bonds is 6. The molecule has 1 aromatic heterocycles. The average Bonchev–Trinajstić information content (AvgIpc) is 3.28. The Balaban J connectivity index is 1.12.